The van der Waals surface area contributed by atoms with Gasteiger partial charge in [0.25, 0.3) is 0 Å². The van der Waals surface area contributed by atoms with Crippen molar-refractivity contribution in [2.75, 3.05) is 0 Å². The van der Waals surface area contributed by atoms with Crippen LogP contribution in [0, 0.1) is 6.07 Å². The fraction of sp³-hybridized carbons (Fsp3) is 0.804. The van der Waals surface area contributed by atoms with Crippen molar-refractivity contribution < 1.29 is 24.0 Å². The second kappa shape index (κ2) is 39.2. The Bertz CT molecular complexity index is 1240. The molecule has 0 amide bonds. The molecule has 1 rings (SSSR count). The van der Waals surface area contributed by atoms with E-state index >= 15 is 0 Å². The van der Waals surface area contributed by atoms with E-state index in [9.17, 15) is 24.0 Å². The van der Waals surface area contributed by atoms with Gasteiger partial charge >= 0.3 is 0 Å². The Kier molecular flexibility index (Phi) is 36.3. The van der Waals surface area contributed by atoms with E-state index in [0.717, 1.165) is 96.3 Å². The largest absolute Gasteiger partial charge is 0.294 e. The lowest BCUT2D eigenvalue weighted by Crippen LogP contribution is -2.24. The lowest BCUT2D eigenvalue weighted by atomic mass is 9.79. The van der Waals surface area contributed by atoms with Gasteiger partial charge in [0.15, 0.2) is 28.9 Å². The molecule has 5 nitrogen and oxygen atoms in total. The molecule has 0 spiro atoms. The van der Waals surface area contributed by atoms with Gasteiger partial charge in [0.05, 0.1) is 0 Å². The van der Waals surface area contributed by atoms with Gasteiger partial charge in [-0.15, -0.1) is 0 Å². The van der Waals surface area contributed by atoms with Crippen molar-refractivity contribution in [2.24, 2.45) is 0 Å². The first-order chi connectivity index (χ1) is 29.8. The zero-order chi connectivity index (χ0) is 44.8. The number of unbranched alkanes of at least 4 members (excludes halogenated alkanes) is 30. The molecule has 1 aromatic carbocycles. The molecule has 0 saturated heterocycles. The molecule has 5 heteroatoms. The van der Waals surface area contributed by atoms with Crippen LogP contribution >= 0.6 is 0 Å². The maximum absolute atomic E-state index is 14.8. The molecule has 0 atom stereocenters. The number of hydrogen-bond donors (Lipinski definition) is 0. The van der Waals surface area contributed by atoms with Crippen LogP contribution < -0.4 is 0 Å². The highest BCUT2D eigenvalue weighted by Gasteiger charge is 2.33. The first-order valence-corrected chi connectivity index (χ1v) is 26.6. The van der Waals surface area contributed by atoms with Crippen LogP contribution in [0.1, 0.15) is 343 Å². The van der Waals surface area contributed by atoms with E-state index in [1.165, 1.54) is 96.3 Å². The van der Waals surface area contributed by atoms with Gasteiger partial charge in [0.1, 0.15) is 0 Å². The predicted octanol–water partition coefficient (Wildman–Crippen LogP) is 18.1. The Morgan fingerprint density at radius 2 is 0.426 bits per heavy atom. The van der Waals surface area contributed by atoms with E-state index in [4.69, 9.17) is 0 Å². The lowest BCUT2D eigenvalue weighted by Gasteiger charge is -2.20. The quantitative estimate of drug-likeness (QED) is 0.0482. The summed E-state index contributed by atoms with van der Waals surface area (Å²) in [5, 5.41) is 0. The first-order valence-electron chi connectivity index (χ1n) is 26.6. The van der Waals surface area contributed by atoms with Gasteiger partial charge < -0.3 is 0 Å². The molecule has 0 aliphatic rings. The maximum atomic E-state index is 14.8. The van der Waals surface area contributed by atoms with Gasteiger partial charge in [-0.05, 0) is 32.1 Å². The molecule has 0 saturated carbocycles. The summed E-state index contributed by atoms with van der Waals surface area (Å²) in [6, 6.07) is 3.23. The number of carbonyl (C=O) groups excluding carboxylic acids is 5. The molecule has 0 fully saturated rings. The predicted molar refractivity (Wildman–Crippen MR) is 260 cm³/mol. The average Bonchev–Trinajstić information content (AvgIpc) is 3.26. The van der Waals surface area contributed by atoms with Gasteiger partial charge in [-0.1, -0.05) is 227 Å². The van der Waals surface area contributed by atoms with Gasteiger partial charge in [-0.25, -0.2) is 0 Å². The zero-order valence-electron chi connectivity index (χ0n) is 40.8. The molecule has 0 unspecified atom stereocenters. The molecule has 0 heterocycles. The molecule has 61 heavy (non-hydrogen) atoms. The van der Waals surface area contributed by atoms with Crippen LogP contribution in [0.15, 0.2) is 0 Å². The van der Waals surface area contributed by atoms with Crippen molar-refractivity contribution >= 4 is 28.9 Å². The Morgan fingerprint density at radius 1 is 0.246 bits per heavy atom. The highest BCUT2D eigenvalue weighted by molar-refractivity contribution is 6.23. The minimum absolute atomic E-state index is 0.0801. The number of Topliss-reactive ketones (excluding diaryl/α,β-unsaturated/α-hetero) is 5. The summed E-state index contributed by atoms with van der Waals surface area (Å²) < 4.78 is 0. The van der Waals surface area contributed by atoms with Crippen LogP contribution in [-0.2, 0) is 0 Å². The minimum Gasteiger partial charge on any atom is -0.294 e. The van der Waals surface area contributed by atoms with Gasteiger partial charge in [0.2, 0.25) is 0 Å². The number of ketones is 5. The molecule has 349 valence electrons. The van der Waals surface area contributed by atoms with Crippen LogP contribution in [0.5, 0.6) is 0 Å². The van der Waals surface area contributed by atoms with E-state index < -0.39 is 0 Å². The SMILES string of the molecule is CCCCCCCCCC(=O)c1[c]c(C(=O)CCCCCCCCC)c(C(=O)CCCCCCCCC)c(C(=O)CCCCCCCCC)c1C(=O)CCCCCCCCC. The summed E-state index contributed by atoms with van der Waals surface area (Å²) in [7, 11) is 0. The van der Waals surface area contributed by atoms with Gasteiger partial charge in [-0.3, -0.25) is 24.0 Å². The molecule has 1 radical (unpaired) electrons. The first kappa shape index (κ1) is 56.6. The Morgan fingerprint density at radius 3 is 0.656 bits per heavy atom. The van der Waals surface area contributed by atoms with Crippen LogP contribution in [0.2, 0.25) is 0 Å². The summed E-state index contributed by atoms with van der Waals surface area (Å²) in [6.45, 7) is 11.0. The molecular formula is C56H95O5. The van der Waals surface area contributed by atoms with Gasteiger partial charge in [0, 0.05) is 66.0 Å². The second-order valence-corrected chi connectivity index (χ2v) is 18.5. The summed E-state index contributed by atoms with van der Waals surface area (Å²) in [6.07, 6.45) is 37.8. The van der Waals surface area contributed by atoms with Crippen LogP contribution in [-0.4, -0.2) is 28.9 Å². The Balaban J connectivity index is 3.77. The molecule has 0 aliphatic heterocycles. The second-order valence-electron chi connectivity index (χ2n) is 18.5. The normalized spacial score (nSPS) is 11.4. The van der Waals surface area contributed by atoms with E-state index in [0.29, 0.717) is 32.1 Å². The third-order valence-electron chi connectivity index (χ3n) is 12.7. The molecular weight excluding hydrogens is 753 g/mol. The topological polar surface area (TPSA) is 85.3 Å². The maximum Gasteiger partial charge on any atom is 0.164 e. The molecule has 0 aliphatic carbocycles. The highest BCUT2D eigenvalue weighted by atomic mass is 16.1. The van der Waals surface area contributed by atoms with Crippen molar-refractivity contribution in [3.63, 3.8) is 0 Å². The van der Waals surface area contributed by atoms with E-state index in [1.807, 2.05) is 0 Å². The summed E-state index contributed by atoms with van der Waals surface area (Å²) in [4.78, 5) is 72.8. The van der Waals surface area contributed by atoms with Crippen LogP contribution in [0.4, 0.5) is 0 Å². The Hall–Kier alpha value is -2.43. The monoisotopic (exact) mass is 848 g/mol. The summed E-state index contributed by atoms with van der Waals surface area (Å²) >= 11 is 0. The third kappa shape index (κ3) is 26.1. The van der Waals surface area contributed by atoms with Crippen LogP contribution in [0.3, 0.4) is 0 Å². The van der Waals surface area contributed by atoms with Crippen molar-refractivity contribution in [3.05, 3.63) is 33.9 Å². The van der Waals surface area contributed by atoms with Crippen LogP contribution in [0.25, 0.3) is 0 Å². The minimum atomic E-state index is -0.261. The van der Waals surface area contributed by atoms with Crippen molar-refractivity contribution in [3.8, 4) is 0 Å². The number of hydrogen-bond acceptors (Lipinski definition) is 5. The fourth-order valence-electron chi connectivity index (χ4n) is 8.72. The van der Waals surface area contributed by atoms with Crippen molar-refractivity contribution in [2.45, 2.75) is 291 Å². The smallest absolute Gasteiger partial charge is 0.164 e. The molecule has 0 N–H and O–H groups in total. The number of benzene rings is 1. The number of rotatable bonds is 45. The third-order valence-corrected chi connectivity index (χ3v) is 12.7. The van der Waals surface area contributed by atoms with E-state index in [-0.39, 0.29) is 88.8 Å². The molecule has 0 aromatic heterocycles. The molecule has 0 bridgehead atoms. The lowest BCUT2D eigenvalue weighted by molar-refractivity contribution is 0.0915. The fourth-order valence-corrected chi connectivity index (χ4v) is 8.72. The van der Waals surface area contributed by atoms with E-state index in [1.54, 1.807) is 0 Å². The van der Waals surface area contributed by atoms with Gasteiger partial charge in [-0.2, -0.15) is 0 Å². The summed E-state index contributed by atoms with van der Waals surface area (Å²) in [5.74, 6) is -1.20. The highest BCUT2D eigenvalue weighted by Crippen LogP contribution is 2.32. The molecule has 1 aromatic rings. The summed E-state index contributed by atoms with van der Waals surface area (Å²) in [5.41, 5.74) is 0.468. The number of carbonyl (C=O) groups is 5. The Labute approximate surface area is 376 Å². The standard InChI is InChI=1S/C56H95O5/c1-6-11-16-21-26-31-36-41-49(57)47-46-48(50(58)42-37-32-27-22-17-12-7-2)55(52(60)44-39-34-29-24-19-14-9-4)56(53(61)45-40-35-30-25-20-15-10-5)54(47)51(59)43-38-33-28-23-18-13-8-3/h6-45H2,1-5H3. The zero-order valence-corrected chi connectivity index (χ0v) is 40.8. The van der Waals surface area contributed by atoms with E-state index in [2.05, 4.69) is 40.7 Å². The van der Waals surface area contributed by atoms with Crippen molar-refractivity contribution in [1.82, 2.24) is 0 Å². The average molecular weight is 848 g/mol. The van der Waals surface area contributed by atoms with Crippen molar-refractivity contribution in [1.29, 1.82) is 0 Å².